The molecule has 0 radical (unpaired) electrons. The highest BCUT2D eigenvalue weighted by molar-refractivity contribution is 6.31. The Labute approximate surface area is 97.6 Å². The van der Waals surface area contributed by atoms with Crippen LogP contribution in [-0.2, 0) is 4.79 Å². The lowest BCUT2D eigenvalue weighted by atomic mass is 10.0. The summed E-state index contributed by atoms with van der Waals surface area (Å²) in [7, 11) is 0. The highest BCUT2D eigenvalue weighted by Crippen LogP contribution is 2.31. The maximum Gasteiger partial charge on any atom is 0.219 e. The van der Waals surface area contributed by atoms with Gasteiger partial charge in [0.1, 0.15) is 5.15 Å². The quantitative estimate of drug-likeness (QED) is 0.759. The van der Waals surface area contributed by atoms with E-state index in [4.69, 9.17) is 23.1 Å². The highest BCUT2D eigenvalue weighted by Gasteiger charge is 2.17. The van der Waals surface area contributed by atoms with Crippen LogP contribution in [0.1, 0.15) is 18.0 Å². The average molecular weight is 238 g/mol. The van der Waals surface area contributed by atoms with Gasteiger partial charge in [-0.2, -0.15) is 0 Å². The molecule has 0 aliphatic heterocycles. The van der Waals surface area contributed by atoms with Crippen molar-refractivity contribution in [1.29, 1.82) is 0 Å². The van der Waals surface area contributed by atoms with Crippen molar-refractivity contribution < 1.29 is 4.79 Å². The Balaban J connectivity index is 2.50. The third kappa shape index (κ3) is 1.89. The number of para-hydroxylation sites is 1. The Kier molecular flexibility index (Phi) is 2.85. The lowest BCUT2D eigenvalue weighted by Crippen LogP contribution is -2.20. The maximum atomic E-state index is 10.8. The van der Waals surface area contributed by atoms with E-state index in [1.807, 2.05) is 24.3 Å². The van der Waals surface area contributed by atoms with Crippen molar-refractivity contribution in [2.24, 2.45) is 11.5 Å². The second-order valence-corrected chi connectivity index (χ2v) is 4.05. The lowest BCUT2D eigenvalue weighted by Gasteiger charge is -2.08. The number of amides is 1. The van der Waals surface area contributed by atoms with Crippen LogP contribution in [0.5, 0.6) is 0 Å². The molecule has 0 saturated carbocycles. The second kappa shape index (κ2) is 4.15. The van der Waals surface area contributed by atoms with Gasteiger partial charge in [-0.1, -0.05) is 29.8 Å². The predicted molar refractivity (Wildman–Crippen MR) is 64.0 cm³/mol. The topological polar surface area (TPSA) is 84.9 Å². The third-order valence-electron chi connectivity index (χ3n) is 2.49. The minimum Gasteiger partial charge on any atom is -0.370 e. The molecule has 0 bridgehead atoms. The van der Waals surface area contributed by atoms with E-state index in [2.05, 4.69) is 4.98 Å². The van der Waals surface area contributed by atoms with Gasteiger partial charge in [0.2, 0.25) is 5.91 Å². The van der Waals surface area contributed by atoms with E-state index < -0.39 is 11.9 Å². The van der Waals surface area contributed by atoms with Crippen LogP contribution in [0, 0.1) is 0 Å². The number of benzene rings is 1. The Morgan fingerprint density at radius 2 is 2.12 bits per heavy atom. The molecule has 0 spiro atoms. The first-order valence-electron chi connectivity index (χ1n) is 4.89. The number of fused-ring (bicyclic) bond motifs is 1. The largest absolute Gasteiger partial charge is 0.370 e. The first-order chi connectivity index (χ1) is 7.59. The minimum absolute atomic E-state index is 0.0849. The van der Waals surface area contributed by atoms with Gasteiger partial charge in [0.15, 0.2) is 0 Å². The molecule has 0 aliphatic carbocycles. The van der Waals surface area contributed by atoms with Crippen LogP contribution >= 0.6 is 11.6 Å². The van der Waals surface area contributed by atoms with E-state index in [9.17, 15) is 4.79 Å². The zero-order valence-electron chi connectivity index (χ0n) is 8.53. The summed E-state index contributed by atoms with van der Waals surface area (Å²) < 4.78 is 0. The molecule has 1 heterocycles. The average Bonchev–Trinajstić information content (AvgIpc) is 2.52. The number of carbonyl (C=O) groups excluding carboxylic acids is 1. The fraction of sp³-hybridized carbons (Fsp3) is 0.182. The molecule has 1 unspecified atom stereocenters. The molecule has 16 heavy (non-hydrogen) atoms. The standard InChI is InChI=1S/C11H12ClN3O/c12-11-10(7(13)5-9(14)16)6-3-1-2-4-8(6)15-11/h1-4,7,15H,5,13H2,(H2,14,16). The summed E-state index contributed by atoms with van der Waals surface area (Å²) in [5, 5.41) is 1.40. The van der Waals surface area contributed by atoms with Crippen LogP contribution in [0.2, 0.25) is 5.15 Å². The minimum atomic E-state index is -0.471. The zero-order valence-corrected chi connectivity index (χ0v) is 9.29. The molecular formula is C11H12ClN3O. The second-order valence-electron chi connectivity index (χ2n) is 3.68. The summed E-state index contributed by atoms with van der Waals surface area (Å²) in [6, 6.07) is 7.14. The molecule has 2 rings (SSSR count). The van der Waals surface area contributed by atoms with Gasteiger partial charge >= 0.3 is 0 Å². The number of nitrogens with two attached hydrogens (primary N) is 2. The number of aromatic nitrogens is 1. The summed E-state index contributed by atoms with van der Waals surface area (Å²) in [6.07, 6.45) is 0.0849. The van der Waals surface area contributed by atoms with E-state index >= 15 is 0 Å². The number of H-pyrrole nitrogens is 1. The zero-order chi connectivity index (χ0) is 11.7. The van der Waals surface area contributed by atoms with E-state index in [0.717, 1.165) is 16.5 Å². The number of hydrogen-bond acceptors (Lipinski definition) is 2. The molecule has 0 fully saturated rings. The van der Waals surface area contributed by atoms with Gasteiger partial charge in [-0.05, 0) is 6.07 Å². The van der Waals surface area contributed by atoms with Crippen LogP contribution in [0.25, 0.3) is 10.9 Å². The number of rotatable bonds is 3. The lowest BCUT2D eigenvalue weighted by molar-refractivity contribution is -0.118. The number of hydrogen-bond donors (Lipinski definition) is 3. The Morgan fingerprint density at radius 1 is 1.44 bits per heavy atom. The summed E-state index contributed by atoms with van der Waals surface area (Å²) in [5.74, 6) is -0.436. The molecule has 1 aromatic heterocycles. The fourth-order valence-corrected chi connectivity index (χ4v) is 2.16. The first-order valence-corrected chi connectivity index (χ1v) is 5.27. The monoisotopic (exact) mass is 237 g/mol. The molecule has 84 valence electrons. The van der Waals surface area contributed by atoms with Crippen molar-refractivity contribution in [2.75, 3.05) is 0 Å². The van der Waals surface area contributed by atoms with Crippen molar-refractivity contribution in [3.8, 4) is 0 Å². The number of aromatic amines is 1. The van der Waals surface area contributed by atoms with Crippen LogP contribution in [0.3, 0.4) is 0 Å². The summed E-state index contributed by atoms with van der Waals surface area (Å²) in [4.78, 5) is 13.9. The van der Waals surface area contributed by atoms with Gasteiger partial charge in [0.05, 0.1) is 0 Å². The predicted octanol–water partition coefficient (Wildman–Crippen LogP) is 1.70. The molecule has 5 heteroatoms. The van der Waals surface area contributed by atoms with Gasteiger partial charge in [-0.15, -0.1) is 0 Å². The number of primary amides is 1. The molecule has 0 aliphatic rings. The Hall–Kier alpha value is -1.52. The maximum absolute atomic E-state index is 10.8. The molecule has 1 atom stereocenters. The SMILES string of the molecule is NC(=O)CC(N)c1c(Cl)[nH]c2ccccc12. The van der Waals surface area contributed by atoms with Gasteiger partial charge in [-0.3, -0.25) is 4.79 Å². The van der Waals surface area contributed by atoms with Crippen LogP contribution in [0.4, 0.5) is 0 Å². The Bertz CT molecular complexity index is 535. The van der Waals surface area contributed by atoms with E-state index in [-0.39, 0.29) is 6.42 Å². The van der Waals surface area contributed by atoms with Gasteiger partial charge in [0, 0.05) is 28.9 Å². The molecular weight excluding hydrogens is 226 g/mol. The summed E-state index contributed by atoms with van der Waals surface area (Å²) in [5.41, 5.74) is 12.7. The number of nitrogens with one attached hydrogen (secondary N) is 1. The van der Waals surface area contributed by atoms with Gasteiger partial charge in [-0.25, -0.2) is 0 Å². The van der Waals surface area contributed by atoms with Crippen molar-refractivity contribution in [2.45, 2.75) is 12.5 Å². The van der Waals surface area contributed by atoms with E-state index in [0.29, 0.717) is 5.15 Å². The smallest absolute Gasteiger partial charge is 0.219 e. The molecule has 4 nitrogen and oxygen atoms in total. The highest BCUT2D eigenvalue weighted by atomic mass is 35.5. The fourth-order valence-electron chi connectivity index (χ4n) is 1.81. The summed E-state index contributed by atoms with van der Waals surface area (Å²) in [6.45, 7) is 0. The Morgan fingerprint density at radius 3 is 2.81 bits per heavy atom. The molecule has 0 saturated heterocycles. The van der Waals surface area contributed by atoms with Crippen molar-refractivity contribution in [1.82, 2.24) is 4.98 Å². The van der Waals surface area contributed by atoms with Crippen molar-refractivity contribution >= 4 is 28.4 Å². The number of carbonyl (C=O) groups is 1. The molecule has 1 amide bonds. The van der Waals surface area contributed by atoms with Crippen molar-refractivity contribution in [3.63, 3.8) is 0 Å². The molecule has 5 N–H and O–H groups in total. The molecule has 1 aromatic carbocycles. The third-order valence-corrected chi connectivity index (χ3v) is 2.79. The summed E-state index contributed by atoms with van der Waals surface area (Å²) >= 11 is 6.06. The first kappa shape index (κ1) is 11.0. The van der Waals surface area contributed by atoms with Crippen LogP contribution < -0.4 is 11.5 Å². The normalized spacial score (nSPS) is 12.9. The van der Waals surface area contributed by atoms with Crippen molar-refractivity contribution in [3.05, 3.63) is 35.0 Å². The van der Waals surface area contributed by atoms with E-state index in [1.54, 1.807) is 0 Å². The number of halogens is 1. The molecule has 2 aromatic rings. The van der Waals surface area contributed by atoms with Gasteiger partial charge < -0.3 is 16.5 Å². The van der Waals surface area contributed by atoms with Crippen LogP contribution in [-0.4, -0.2) is 10.9 Å². The van der Waals surface area contributed by atoms with Gasteiger partial charge in [0.25, 0.3) is 0 Å². The van der Waals surface area contributed by atoms with Crippen LogP contribution in [0.15, 0.2) is 24.3 Å². The van der Waals surface area contributed by atoms with E-state index in [1.165, 1.54) is 0 Å².